The summed E-state index contributed by atoms with van der Waals surface area (Å²) in [5, 5.41) is 8.86. The van der Waals surface area contributed by atoms with Gasteiger partial charge in [0.2, 0.25) is 0 Å². The molecule has 2 aromatic carbocycles. The number of carboxylic acids is 1. The highest BCUT2D eigenvalue weighted by molar-refractivity contribution is 5.84. The fourth-order valence-electron chi connectivity index (χ4n) is 3.31. The number of hydrogen-bond donors (Lipinski definition) is 1. The van der Waals surface area contributed by atoms with E-state index < -0.39 is 17.7 Å². The van der Waals surface area contributed by atoms with Gasteiger partial charge in [-0.25, -0.2) is 4.79 Å². The third kappa shape index (κ3) is 6.72. The Morgan fingerprint density at radius 2 is 1.81 bits per heavy atom. The van der Waals surface area contributed by atoms with E-state index in [4.69, 9.17) is 14.6 Å². The van der Waals surface area contributed by atoms with Gasteiger partial charge in [-0.2, -0.15) is 13.2 Å². The van der Waals surface area contributed by atoms with Crippen LogP contribution in [0.5, 0.6) is 5.75 Å². The zero-order chi connectivity index (χ0) is 22.3. The lowest BCUT2D eigenvalue weighted by Gasteiger charge is -2.22. The number of ether oxygens (including phenoxy) is 2. The Morgan fingerprint density at radius 1 is 1.10 bits per heavy atom. The van der Waals surface area contributed by atoms with Crippen LogP contribution >= 0.6 is 0 Å². The second-order valence-corrected chi connectivity index (χ2v) is 7.25. The SMILES string of the molecule is O=C(O)/C=C/C=C(\c1ccc(C(F)(F)F)cc1)c1cccc(OCC2CCOCC2)c1. The molecule has 0 atom stereocenters. The highest BCUT2D eigenvalue weighted by Crippen LogP contribution is 2.32. The average molecular weight is 432 g/mol. The summed E-state index contributed by atoms with van der Waals surface area (Å²) in [6.45, 7) is 2.01. The first-order valence-corrected chi connectivity index (χ1v) is 9.93. The first-order chi connectivity index (χ1) is 14.8. The predicted molar refractivity (Wildman–Crippen MR) is 111 cm³/mol. The van der Waals surface area contributed by atoms with E-state index >= 15 is 0 Å². The van der Waals surface area contributed by atoms with Crippen LogP contribution in [0, 0.1) is 5.92 Å². The Hall–Kier alpha value is -3.06. The Morgan fingerprint density at radius 3 is 2.45 bits per heavy atom. The third-order valence-electron chi connectivity index (χ3n) is 5.00. The molecule has 0 bridgehead atoms. The van der Waals surface area contributed by atoms with Crippen molar-refractivity contribution >= 4 is 11.5 Å². The molecule has 4 nitrogen and oxygen atoms in total. The smallest absolute Gasteiger partial charge is 0.416 e. The molecule has 0 aliphatic carbocycles. The molecule has 2 aromatic rings. The second-order valence-electron chi connectivity index (χ2n) is 7.25. The minimum atomic E-state index is -4.43. The molecule has 1 aliphatic heterocycles. The van der Waals surface area contributed by atoms with E-state index in [1.807, 2.05) is 6.07 Å². The predicted octanol–water partition coefficient (Wildman–Crippen LogP) is 5.58. The summed E-state index contributed by atoms with van der Waals surface area (Å²) in [6.07, 6.45) is 1.34. The maximum atomic E-state index is 12.9. The van der Waals surface area contributed by atoms with Crippen molar-refractivity contribution in [2.45, 2.75) is 19.0 Å². The average Bonchev–Trinajstić information content (AvgIpc) is 2.76. The highest BCUT2D eigenvalue weighted by atomic mass is 19.4. The number of hydrogen-bond acceptors (Lipinski definition) is 3. The number of carbonyl (C=O) groups is 1. The molecule has 0 amide bonds. The standard InChI is InChI=1S/C24H23F3O4/c25-24(26,27)20-9-7-18(8-10-20)22(5-2-6-23(28)29)19-3-1-4-21(15-19)31-16-17-11-13-30-14-12-17/h1-10,15,17H,11-14,16H2,(H,28,29)/b6-2+,22-5+. The molecule has 1 aliphatic rings. The van der Waals surface area contributed by atoms with Crippen LogP contribution in [0.3, 0.4) is 0 Å². The number of benzene rings is 2. The van der Waals surface area contributed by atoms with Crippen molar-refractivity contribution in [2.75, 3.05) is 19.8 Å². The number of alkyl halides is 3. The molecule has 31 heavy (non-hydrogen) atoms. The lowest BCUT2D eigenvalue weighted by atomic mass is 9.96. The summed E-state index contributed by atoms with van der Waals surface area (Å²) in [4.78, 5) is 10.8. The van der Waals surface area contributed by atoms with Gasteiger partial charge in [0.05, 0.1) is 12.2 Å². The van der Waals surface area contributed by atoms with E-state index in [-0.39, 0.29) is 0 Å². The van der Waals surface area contributed by atoms with E-state index in [1.165, 1.54) is 18.2 Å². The van der Waals surface area contributed by atoms with E-state index in [0.29, 0.717) is 35.0 Å². The van der Waals surface area contributed by atoms with Crippen LogP contribution in [0.25, 0.3) is 5.57 Å². The molecular formula is C24H23F3O4. The van der Waals surface area contributed by atoms with Crippen molar-refractivity contribution in [3.05, 3.63) is 83.4 Å². The minimum absolute atomic E-state index is 0.417. The Bertz CT molecular complexity index is 940. The first-order valence-electron chi connectivity index (χ1n) is 9.93. The van der Waals surface area contributed by atoms with Gasteiger partial charge in [-0.3, -0.25) is 0 Å². The fraction of sp³-hybridized carbons (Fsp3) is 0.292. The molecule has 0 unspecified atom stereocenters. The van der Waals surface area contributed by atoms with Gasteiger partial charge in [0, 0.05) is 19.3 Å². The summed E-state index contributed by atoms with van der Waals surface area (Å²) < 4.78 is 50.0. The molecular weight excluding hydrogens is 409 g/mol. The fourth-order valence-corrected chi connectivity index (χ4v) is 3.31. The van der Waals surface area contributed by atoms with Crippen LogP contribution < -0.4 is 4.74 Å². The van der Waals surface area contributed by atoms with Crippen molar-refractivity contribution < 1.29 is 32.5 Å². The molecule has 3 rings (SSSR count). The van der Waals surface area contributed by atoms with Crippen LogP contribution in [-0.4, -0.2) is 30.9 Å². The van der Waals surface area contributed by atoms with E-state index in [1.54, 1.807) is 24.3 Å². The van der Waals surface area contributed by atoms with Gasteiger partial charge in [-0.05, 0) is 59.7 Å². The summed E-state index contributed by atoms with van der Waals surface area (Å²) in [6, 6.07) is 12.0. The Kier molecular flexibility index (Phi) is 7.52. The van der Waals surface area contributed by atoms with Crippen LogP contribution in [-0.2, 0) is 15.7 Å². The highest BCUT2D eigenvalue weighted by Gasteiger charge is 2.30. The van der Waals surface area contributed by atoms with Gasteiger partial charge >= 0.3 is 12.1 Å². The topological polar surface area (TPSA) is 55.8 Å². The molecule has 0 saturated carbocycles. The quantitative estimate of drug-likeness (QED) is 0.458. The van der Waals surface area contributed by atoms with Crippen molar-refractivity contribution in [1.82, 2.24) is 0 Å². The van der Waals surface area contributed by atoms with Crippen molar-refractivity contribution in [2.24, 2.45) is 5.92 Å². The van der Waals surface area contributed by atoms with Gasteiger partial charge in [-0.1, -0.05) is 36.4 Å². The van der Waals surface area contributed by atoms with E-state index in [2.05, 4.69) is 0 Å². The molecule has 164 valence electrons. The summed E-state index contributed by atoms with van der Waals surface area (Å²) >= 11 is 0. The van der Waals surface area contributed by atoms with Crippen LogP contribution in [0.15, 0.2) is 66.8 Å². The Balaban J connectivity index is 1.86. The van der Waals surface area contributed by atoms with Crippen molar-refractivity contribution in [3.8, 4) is 5.75 Å². The molecule has 7 heteroatoms. The summed E-state index contributed by atoms with van der Waals surface area (Å²) in [7, 11) is 0. The number of carboxylic acid groups (broad SMARTS) is 1. The van der Waals surface area contributed by atoms with Crippen LogP contribution in [0.4, 0.5) is 13.2 Å². The number of halogens is 3. The summed E-state index contributed by atoms with van der Waals surface area (Å²) in [5.41, 5.74) is 1.08. The largest absolute Gasteiger partial charge is 0.493 e. The monoisotopic (exact) mass is 432 g/mol. The summed E-state index contributed by atoms with van der Waals surface area (Å²) in [5.74, 6) is -0.0542. The molecule has 1 saturated heterocycles. The lowest BCUT2D eigenvalue weighted by molar-refractivity contribution is -0.137. The zero-order valence-corrected chi connectivity index (χ0v) is 16.8. The molecule has 1 fully saturated rings. The van der Waals surface area contributed by atoms with Gasteiger partial charge in [-0.15, -0.1) is 0 Å². The van der Waals surface area contributed by atoms with Gasteiger partial charge in [0.1, 0.15) is 5.75 Å². The number of aliphatic carboxylic acids is 1. The first kappa shape index (κ1) is 22.6. The van der Waals surface area contributed by atoms with Crippen molar-refractivity contribution in [3.63, 3.8) is 0 Å². The molecule has 0 radical (unpaired) electrons. The third-order valence-corrected chi connectivity index (χ3v) is 5.00. The molecule has 0 spiro atoms. The second kappa shape index (κ2) is 10.3. The van der Waals surface area contributed by atoms with Crippen LogP contribution in [0.1, 0.15) is 29.5 Å². The van der Waals surface area contributed by atoms with E-state index in [9.17, 15) is 18.0 Å². The molecule has 1 heterocycles. The van der Waals surface area contributed by atoms with Crippen LogP contribution in [0.2, 0.25) is 0 Å². The number of rotatable bonds is 7. The number of allylic oxidation sites excluding steroid dienone is 2. The minimum Gasteiger partial charge on any atom is -0.493 e. The maximum absolute atomic E-state index is 12.9. The zero-order valence-electron chi connectivity index (χ0n) is 16.8. The van der Waals surface area contributed by atoms with Crippen molar-refractivity contribution in [1.29, 1.82) is 0 Å². The van der Waals surface area contributed by atoms with Gasteiger partial charge in [0.15, 0.2) is 0 Å². The normalized spacial score (nSPS) is 15.9. The molecule has 1 N–H and O–H groups in total. The Labute approximate surface area is 178 Å². The lowest BCUT2D eigenvalue weighted by Crippen LogP contribution is -2.21. The van der Waals surface area contributed by atoms with Gasteiger partial charge in [0.25, 0.3) is 0 Å². The molecule has 0 aromatic heterocycles. The van der Waals surface area contributed by atoms with Gasteiger partial charge < -0.3 is 14.6 Å². The maximum Gasteiger partial charge on any atom is 0.416 e. The van der Waals surface area contributed by atoms with E-state index in [0.717, 1.165) is 44.3 Å².